The first-order chi connectivity index (χ1) is 28.2. The van der Waals surface area contributed by atoms with E-state index >= 15 is 4.39 Å². The monoisotopic (exact) mass is 821 g/mol. The predicted octanol–water partition coefficient (Wildman–Crippen LogP) is 9.71. The van der Waals surface area contributed by atoms with E-state index < -0.39 is 17.8 Å². The zero-order valence-electron chi connectivity index (χ0n) is 32.3. The van der Waals surface area contributed by atoms with Crippen LogP contribution in [0.2, 0.25) is 0 Å². The number of aryl methyl sites for hydroxylation is 1. The van der Waals surface area contributed by atoms with Crippen molar-refractivity contribution in [2.45, 2.75) is 70.8 Å². The molecule has 3 aromatic heterocycles. The molecule has 1 unspecified atom stereocenters. The van der Waals surface area contributed by atoms with Crippen LogP contribution in [0.15, 0.2) is 79.0 Å². The van der Waals surface area contributed by atoms with Gasteiger partial charge in [-0.05, 0) is 103 Å². The smallest absolute Gasteiger partial charge is 0.357 e. The molecule has 4 heterocycles. The minimum absolute atomic E-state index is 0.115. The number of carbonyl (C=O) groups is 3. The van der Waals surface area contributed by atoms with Crippen molar-refractivity contribution in [2.24, 2.45) is 0 Å². The number of thiazole rings is 2. The SMILES string of the molecule is COC(=O)c1nc(N2CCc3cccc(C(=O)Nc4nc5ccccc5s4)c3C2)sc1CCCOc1ccc(-c2ncc(C(C)CCCCCC(=O)O)cc2F)cc1. The molecule has 6 aromatic rings. The van der Waals surface area contributed by atoms with Gasteiger partial charge in [0, 0.05) is 41.7 Å². The average molecular weight is 822 g/mol. The Bertz CT molecular complexity index is 2380. The summed E-state index contributed by atoms with van der Waals surface area (Å²) < 4.78 is 27.3. The summed E-state index contributed by atoms with van der Waals surface area (Å²) >= 11 is 2.88. The normalized spacial score (nSPS) is 12.9. The summed E-state index contributed by atoms with van der Waals surface area (Å²) in [6, 6.07) is 22.2. The van der Waals surface area contributed by atoms with E-state index in [1.807, 2.05) is 49.4 Å². The Morgan fingerprint density at radius 1 is 0.983 bits per heavy atom. The number of fused-ring (bicyclic) bond motifs is 2. The molecule has 300 valence electrons. The molecule has 1 amide bonds. The van der Waals surface area contributed by atoms with Crippen LogP contribution in [0.1, 0.15) is 93.8 Å². The van der Waals surface area contributed by atoms with Gasteiger partial charge in [0.25, 0.3) is 5.91 Å². The second kappa shape index (κ2) is 18.7. The predicted molar refractivity (Wildman–Crippen MR) is 225 cm³/mol. The van der Waals surface area contributed by atoms with Crippen molar-refractivity contribution in [2.75, 3.05) is 30.5 Å². The van der Waals surface area contributed by atoms with Gasteiger partial charge in [0.2, 0.25) is 0 Å². The van der Waals surface area contributed by atoms with E-state index in [9.17, 15) is 14.4 Å². The van der Waals surface area contributed by atoms with Crippen LogP contribution in [0, 0.1) is 5.82 Å². The molecule has 0 radical (unpaired) electrons. The molecule has 7 rings (SSSR count). The highest BCUT2D eigenvalue weighted by Crippen LogP contribution is 2.34. The maximum absolute atomic E-state index is 15.2. The summed E-state index contributed by atoms with van der Waals surface area (Å²) in [7, 11) is 1.34. The number of para-hydroxylation sites is 1. The molecule has 2 N–H and O–H groups in total. The van der Waals surface area contributed by atoms with Crippen LogP contribution in [0.3, 0.4) is 0 Å². The van der Waals surface area contributed by atoms with E-state index in [2.05, 4.69) is 20.2 Å². The Labute approximate surface area is 343 Å². The molecular formula is C44H44FN5O6S2. The number of carboxylic acid groups (broad SMARTS) is 1. The van der Waals surface area contributed by atoms with Gasteiger partial charge in [-0.15, -0.1) is 11.3 Å². The molecule has 1 atom stereocenters. The topological polar surface area (TPSA) is 144 Å². The summed E-state index contributed by atoms with van der Waals surface area (Å²) in [5.41, 5.74) is 5.45. The first kappa shape index (κ1) is 40.5. The number of esters is 1. The van der Waals surface area contributed by atoms with Crippen LogP contribution >= 0.6 is 22.7 Å². The summed E-state index contributed by atoms with van der Waals surface area (Å²) in [6.07, 6.45) is 6.95. The second-order valence-corrected chi connectivity index (χ2v) is 16.4. The fourth-order valence-corrected chi connectivity index (χ4v) is 9.06. The zero-order chi connectivity index (χ0) is 40.6. The molecule has 0 bridgehead atoms. The fraction of sp³-hybridized carbons (Fsp3) is 0.318. The minimum atomic E-state index is -0.783. The first-order valence-corrected chi connectivity index (χ1v) is 21.0. The van der Waals surface area contributed by atoms with Crippen molar-refractivity contribution in [3.63, 3.8) is 0 Å². The van der Waals surface area contributed by atoms with Gasteiger partial charge in [-0.2, -0.15) is 0 Å². The fourth-order valence-electron chi connectivity index (χ4n) is 7.08. The molecule has 3 aromatic carbocycles. The number of benzene rings is 3. The molecule has 14 heteroatoms. The Kier molecular flexibility index (Phi) is 13.0. The Hall–Kier alpha value is -5.73. The first-order valence-electron chi connectivity index (χ1n) is 19.4. The van der Waals surface area contributed by atoms with Crippen LogP contribution in [-0.2, 0) is 28.9 Å². The Morgan fingerprint density at radius 2 is 1.81 bits per heavy atom. The van der Waals surface area contributed by atoms with Crippen LogP contribution < -0.4 is 15.0 Å². The van der Waals surface area contributed by atoms with Gasteiger partial charge in [0.15, 0.2) is 16.0 Å². The van der Waals surface area contributed by atoms with Crippen LogP contribution in [0.4, 0.5) is 14.7 Å². The van der Waals surface area contributed by atoms with Crippen molar-refractivity contribution in [3.05, 3.63) is 118 Å². The molecule has 0 saturated carbocycles. The lowest BCUT2D eigenvalue weighted by atomic mass is 9.94. The lowest BCUT2D eigenvalue weighted by Crippen LogP contribution is -2.32. The van der Waals surface area contributed by atoms with E-state index in [0.717, 1.165) is 57.5 Å². The highest BCUT2D eigenvalue weighted by molar-refractivity contribution is 7.22. The maximum atomic E-state index is 15.2. The molecule has 1 aliphatic heterocycles. The largest absolute Gasteiger partial charge is 0.494 e. The number of hydrogen-bond acceptors (Lipinski definition) is 11. The van der Waals surface area contributed by atoms with E-state index in [1.165, 1.54) is 35.8 Å². The van der Waals surface area contributed by atoms with Crippen molar-refractivity contribution in [1.82, 2.24) is 15.0 Å². The quantitative estimate of drug-likeness (QED) is 0.0674. The van der Waals surface area contributed by atoms with Gasteiger partial charge in [-0.3, -0.25) is 19.9 Å². The van der Waals surface area contributed by atoms with E-state index in [-0.39, 0.29) is 29.6 Å². The molecule has 58 heavy (non-hydrogen) atoms. The number of anilines is 2. The number of carboxylic acids is 1. The third-order valence-corrected chi connectivity index (χ3v) is 12.4. The summed E-state index contributed by atoms with van der Waals surface area (Å²) in [6.45, 7) is 3.56. The number of pyridine rings is 1. The Morgan fingerprint density at radius 3 is 2.59 bits per heavy atom. The Balaban J connectivity index is 0.942. The van der Waals surface area contributed by atoms with Crippen LogP contribution in [-0.4, -0.2) is 58.2 Å². The van der Waals surface area contributed by atoms with Gasteiger partial charge >= 0.3 is 11.9 Å². The summed E-state index contributed by atoms with van der Waals surface area (Å²) in [4.78, 5) is 53.7. The van der Waals surface area contributed by atoms with E-state index in [4.69, 9.17) is 19.6 Å². The highest BCUT2D eigenvalue weighted by atomic mass is 32.1. The third-order valence-electron chi connectivity index (χ3n) is 10.3. The van der Waals surface area contributed by atoms with Crippen molar-refractivity contribution in [3.8, 4) is 17.0 Å². The molecule has 0 aliphatic carbocycles. The van der Waals surface area contributed by atoms with Gasteiger partial charge in [0.05, 0.1) is 23.9 Å². The van der Waals surface area contributed by atoms with Crippen molar-refractivity contribution in [1.29, 1.82) is 0 Å². The second-order valence-electron chi connectivity index (χ2n) is 14.3. The number of nitrogens with zero attached hydrogens (tertiary/aromatic N) is 4. The van der Waals surface area contributed by atoms with Gasteiger partial charge in [-0.1, -0.05) is 55.4 Å². The maximum Gasteiger partial charge on any atom is 0.357 e. The number of aliphatic carboxylic acids is 1. The molecule has 0 spiro atoms. The van der Waals surface area contributed by atoms with Crippen molar-refractivity contribution < 1.29 is 33.4 Å². The molecule has 0 fully saturated rings. The number of aromatic nitrogens is 3. The zero-order valence-corrected chi connectivity index (χ0v) is 34.0. The number of halogens is 1. The van der Waals surface area contributed by atoms with E-state index in [0.29, 0.717) is 66.1 Å². The van der Waals surface area contributed by atoms with Gasteiger partial charge in [-0.25, -0.2) is 19.2 Å². The number of nitrogens with one attached hydrogen (secondary N) is 1. The number of amides is 1. The number of methoxy groups -OCH3 is 1. The number of ether oxygens (including phenoxy) is 2. The van der Waals surface area contributed by atoms with Crippen molar-refractivity contribution >= 4 is 61.0 Å². The summed E-state index contributed by atoms with van der Waals surface area (Å²) in [5.74, 6) is -1.15. The standard InChI is InChI=1S/C44H44FN5O6S2/c1-27(10-4-3-5-16-38(51)52)30-24-34(45)39(46-25-30)29-17-19-31(20-18-29)56-23-9-15-37-40(42(54)55-2)48-44(58-37)50-22-21-28-11-8-12-32(33(28)26-50)41(53)49-43-47-35-13-6-7-14-36(35)57-43/h6-8,11-14,17-20,24-25,27H,3-5,9-10,15-16,21-23,26H2,1-2H3,(H,51,52)(H,47,49,53). The van der Waals surface area contributed by atoms with Gasteiger partial charge < -0.3 is 19.5 Å². The van der Waals surface area contributed by atoms with Crippen LogP contribution in [0.25, 0.3) is 21.5 Å². The molecule has 0 saturated heterocycles. The van der Waals surface area contributed by atoms with E-state index in [1.54, 1.807) is 30.5 Å². The number of unbranched alkanes of at least 4 members (excludes halogenated alkanes) is 2. The minimum Gasteiger partial charge on any atom is -0.494 e. The average Bonchev–Trinajstić information content (AvgIpc) is 3.85. The molecule has 11 nitrogen and oxygen atoms in total. The third kappa shape index (κ3) is 9.68. The lowest BCUT2D eigenvalue weighted by Gasteiger charge is -2.29. The number of rotatable bonds is 17. The lowest BCUT2D eigenvalue weighted by molar-refractivity contribution is -0.137. The van der Waals surface area contributed by atoms with Crippen LogP contribution in [0.5, 0.6) is 5.75 Å². The number of carbonyl (C=O) groups excluding carboxylic acids is 2. The van der Waals surface area contributed by atoms with Gasteiger partial charge in [0.1, 0.15) is 17.3 Å². The number of hydrogen-bond donors (Lipinski definition) is 2. The summed E-state index contributed by atoms with van der Waals surface area (Å²) in [5, 5.41) is 13.0. The highest BCUT2D eigenvalue weighted by Gasteiger charge is 2.27. The molecule has 1 aliphatic rings. The molecular weight excluding hydrogens is 778 g/mol.